The van der Waals surface area contributed by atoms with Crippen molar-refractivity contribution in [1.82, 2.24) is 0 Å². The Morgan fingerprint density at radius 1 is 0.500 bits per heavy atom. The Labute approximate surface area is 130 Å². The van der Waals surface area contributed by atoms with Crippen molar-refractivity contribution in [3.8, 4) is 0 Å². The van der Waals surface area contributed by atoms with Crippen LogP contribution in [-0.4, -0.2) is 0 Å². The molecule has 1 radical (unpaired) electrons. The van der Waals surface area contributed by atoms with Crippen LogP contribution in [-0.2, 0) is 0 Å². The molecular formula is C20H41. The number of hydrogen-bond donors (Lipinski definition) is 0. The molecule has 0 N–H and O–H groups in total. The quantitative estimate of drug-likeness (QED) is 0.286. The Morgan fingerprint density at radius 3 is 1.10 bits per heavy atom. The monoisotopic (exact) mass is 281 g/mol. The molecule has 0 nitrogen and oxygen atoms in total. The molecule has 0 atom stereocenters. The highest BCUT2D eigenvalue weighted by Gasteiger charge is 2.08. The lowest BCUT2D eigenvalue weighted by molar-refractivity contribution is 0.356. The zero-order valence-electron chi connectivity index (χ0n) is 14.8. The van der Waals surface area contributed by atoms with Crippen LogP contribution in [0.1, 0.15) is 117 Å². The van der Waals surface area contributed by atoms with Crippen molar-refractivity contribution in [2.24, 2.45) is 5.41 Å². The normalized spacial score (nSPS) is 12.0. The van der Waals surface area contributed by atoms with Gasteiger partial charge in [0, 0.05) is 0 Å². The van der Waals surface area contributed by atoms with Gasteiger partial charge in [-0.15, -0.1) is 0 Å². The summed E-state index contributed by atoms with van der Waals surface area (Å²) in [6.07, 6.45) is 21.3. The molecule has 0 heteroatoms. The SMILES string of the molecule is [CH2]CCCCCCCCCCCCCCCC(C)(C)C. The summed E-state index contributed by atoms with van der Waals surface area (Å²) >= 11 is 0. The van der Waals surface area contributed by atoms with Crippen LogP contribution in [0.5, 0.6) is 0 Å². The van der Waals surface area contributed by atoms with Gasteiger partial charge in [-0.05, 0) is 11.8 Å². The first-order chi connectivity index (χ1) is 9.56. The topological polar surface area (TPSA) is 0 Å². The predicted octanol–water partition coefficient (Wildman–Crippen LogP) is 7.72. The second-order valence-corrected chi connectivity index (χ2v) is 7.76. The average Bonchev–Trinajstić information content (AvgIpc) is 2.38. The van der Waals surface area contributed by atoms with Gasteiger partial charge in [0.2, 0.25) is 0 Å². The number of hydrogen-bond acceptors (Lipinski definition) is 0. The largest absolute Gasteiger partial charge is 0.0602 e. The van der Waals surface area contributed by atoms with E-state index in [-0.39, 0.29) is 0 Å². The Balaban J connectivity index is 2.99. The molecule has 0 aromatic rings. The van der Waals surface area contributed by atoms with E-state index in [1.165, 1.54) is 89.9 Å². The molecule has 0 bridgehead atoms. The highest BCUT2D eigenvalue weighted by atomic mass is 14.1. The molecule has 0 aliphatic rings. The van der Waals surface area contributed by atoms with E-state index >= 15 is 0 Å². The van der Waals surface area contributed by atoms with Gasteiger partial charge in [0.1, 0.15) is 0 Å². The van der Waals surface area contributed by atoms with Crippen molar-refractivity contribution < 1.29 is 0 Å². The molecule has 0 saturated carbocycles. The van der Waals surface area contributed by atoms with Crippen molar-refractivity contribution in [3.05, 3.63) is 6.92 Å². The Morgan fingerprint density at radius 2 is 0.800 bits per heavy atom. The summed E-state index contributed by atoms with van der Waals surface area (Å²) in [5.74, 6) is 0. The molecule has 0 spiro atoms. The van der Waals surface area contributed by atoms with E-state index in [1.54, 1.807) is 0 Å². The molecule has 0 aromatic heterocycles. The van der Waals surface area contributed by atoms with Crippen LogP contribution >= 0.6 is 0 Å². The molecule has 0 unspecified atom stereocenters. The second-order valence-electron chi connectivity index (χ2n) is 7.76. The lowest BCUT2D eigenvalue weighted by Gasteiger charge is -2.17. The molecule has 121 valence electrons. The molecule has 0 heterocycles. The number of unbranched alkanes of at least 4 members (excludes halogenated alkanes) is 13. The first-order valence-corrected chi connectivity index (χ1v) is 9.35. The van der Waals surface area contributed by atoms with E-state index in [0.717, 1.165) is 6.42 Å². The van der Waals surface area contributed by atoms with Crippen LogP contribution < -0.4 is 0 Å². The van der Waals surface area contributed by atoms with Gasteiger partial charge in [0.25, 0.3) is 0 Å². The van der Waals surface area contributed by atoms with Crippen LogP contribution in [0.3, 0.4) is 0 Å². The fraction of sp³-hybridized carbons (Fsp3) is 0.950. The molecular weight excluding hydrogens is 240 g/mol. The van der Waals surface area contributed by atoms with Crippen molar-refractivity contribution in [1.29, 1.82) is 0 Å². The van der Waals surface area contributed by atoms with Gasteiger partial charge in [0.15, 0.2) is 0 Å². The van der Waals surface area contributed by atoms with Gasteiger partial charge in [-0.2, -0.15) is 0 Å². The molecule has 0 amide bonds. The number of rotatable bonds is 14. The highest BCUT2D eigenvalue weighted by Crippen LogP contribution is 2.22. The van der Waals surface area contributed by atoms with E-state index in [2.05, 4.69) is 27.7 Å². The summed E-state index contributed by atoms with van der Waals surface area (Å²) in [4.78, 5) is 0. The molecule has 0 rings (SSSR count). The van der Waals surface area contributed by atoms with Crippen molar-refractivity contribution >= 4 is 0 Å². The second kappa shape index (κ2) is 14.0. The average molecular weight is 282 g/mol. The van der Waals surface area contributed by atoms with Crippen LogP contribution in [0.15, 0.2) is 0 Å². The molecule has 0 fully saturated rings. The predicted molar refractivity (Wildman–Crippen MR) is 94.1 cm³/mol. The van der Waals surface area contributed by atoms with Crippen molar-refractivity contribution in [2.45, 2.75) is 117 Å². The lowest BCUT2D eigenvalue weighted by atomic mass is 9.89. The lowest BCUT2D eigenvalue weighted by Crippen LogP contribution is -2.03. The standard InChI is InChI=1S/C20H41/c1-5-6-7-8-9-10-11-12-13-14-15-16-17-18-19-20(2,3)4/h1,5-19H2,2-4H3. The third-order valence-corrected chi connectivity index (χ3v) is 4.18. The molecule has 0 aliphatic carbocycles. The zero-order valence-corrected chi connectivity index (χ0v) is 14.8. The van der Waals surface area contributed by atoms with Crippen molar-refractivity contribution in [3.63, 3.8) is 0 Å². The van der Waals surface area contributed by atoms with Crippen LogP contribution in [0, 0.1) is 12.3 Å². The van der Waals surface area contributed by atoms with Gasteiger partial charge in [-0.3, -0.25) is 0 Å². The molecule has 20 heavy (non-hydrogen) atoms. The third-order valence-electron chi connectivity index (χ3n) is 4.18. The Bertz CT molecular complexity index is 175. The maximum Gasteiger partial charge on any atom is -0.0383 e. The summed E-state index contributed by atoms with van der Waals surface area (Å²) < 4.78 is 0. The first kappa shape index (κ1) is 20.0. The summed E-state index contributed by atoms with van der Waals surface area (Å²) in [6, 6.07) is 0. The highest BCUT2D eigenvalue weighted by molar-refractivity contribution is 4.61. The van der Waals surface area contributed by atoms with E-state index in [4.69, 9.17) is 0 Å². The minimum absolute atomic E-state index is 0.535. The van der Waals surface area contributed by atoms with E-state index in [0.29, 0.717) is 5.41 Å². The Hall–Kier alpha value is 0. The van der Waals surface area contributed by atoms with Gasteiger partial charge in [0.05, 0.1) is 0 Å². The molecule has 0 aromatic carbocycles. The smallest absolute Gasteiger partial charge is 0.0383 e. The van der Waals surface area contributed by atoms with Gasteiger partial charge in [-0.1, -0.05) is 118 Å². The van der Waals surface area contributed by atoms with Crippen LogP contribution in [0.2, 0.25) is 0 Å². The van der Waals surface area contributed by atoms with Gasteiger partial charge in [-0.25, -0.2) is 0 Å². The maximum absolute atomic E-state index is 3.89. The Kier molecular flexibility index (Phi) is 14.0. The van der Waals surface area contributed by atoms with E-state index in [9.17, 15) is 0 Å². The maximum atomic E-state index is 3.89. The van der Waals surface area contributed by atoms with Crippen LogP contribution in [0.4, 0.5) is 0 Å². The fourth-order valence-electron chi connectivity index (χ4n) is 2.78. The zero-order chi connectivity index (χ0) is 15.1. The molecule has 0 saturated heterocycles. The minimum atomic E-state index is 0.535. The van der Waals surface area contributed by atoms with Crippen molar-refractivity contribution in [2.75, 3.05) is 0 Å². The van der Waals surface area contributed by atoms with Gasteiger partial charge < -0.3 is 0 Å². The fourth-order valence-corrected chi connectivity index (χ4v) is 2.78. The van der Waals surface area contributed by atoms with E-state index in [1.807, 2.05) is 0 Å². The van der Waals surface area contributed by atoms with E-state index < -0.39 is 0 Å². The first-order valence-electron chi connectivity index (χ1n) is 9.35. The summed E-state index contributed by atoms with van der Waals surface area (Å²) in [5.41, 5.74) is 0.535. The van der Waals surface area contributed by atoms with Gasteiger partial charge >= 0.3 is 0 Å². The summed E-state index contributed by atoms with van der Waals surface area (Å²) in [5, 5.41) is 0. The summed E-state index contributed by atoms with van der Waals surface area (Å²) in [7, 11) is 0. The molecule has 0 aliphatic heterocycles. The minimum Gasteiger partial charge on any atom is -0.0602 e. The third kappa shape index (κ3) is 18.0. The van der Waals surface area contributed by atoms with Crippen LogP contribution in [0.25, 0.3) is 0 Å². The summed E-state index contributed by atoms with van der Waals surface area (Å²) in [6.45, 7) is 11.0.